The van der Waals surface area contributed by atoms with Gasteiger partial charge in [0.25, 0.3) is 21.8 Å². The Hall–Kier alpha value is -6.98. The highest BCUT2D eigenvalue weighted by Gasteiger charge is 2.40. The van der Waals surface area contributed by atoms with E-state index in [1.54, 1.807) is 47.3 Å². The van der Waals surface area contributed by atoms with Crippen LogP contribution in [0.2, 0.25) is 5.02 Å². The normalized spacial score (nSPS) is 18.8. The Balaban J connectivity index is 0.643. The number of thioether (sulfide) groups is 1. The number of aromatic nitrogens is 2. The summed E-state index contributed by atoms with van der Waals surface area (Å²) < 4.78 is 36.7. The van der Waals surface area contributed by atoms with Gasteiger partial charge in [-0.05, 0) is 179 Å². The minimum Gasteiger partial charge on any atom is -0.455 e. The average Bonchev–Trinajstić information content (AvgIpc) is 2.87. The number of piperidine rings is 2. The molecule has 6 aromatic rings. The number of ether oxygens (including phenoxy) is 1. The molecule has 22 heteroatoms. The molecule has 5 aliphatic rings. The lowest BCUT2D eigenvalue weighted by Crippen LogP contribution is -2.52. The van der Waals surface area contributed by atoms with E-state index in [-0.39, 0.29) is 45.5 Å². The molecular weight excluding hydrogens is 1160 g/mol. The predicted octanol–water partition coefficient (Wildman–Crippen LogP) is 10.1. The first kappa shape index (κ1) is 61.7. The number of allylic oxidation sites excluding steroid dienone is 1. The van der Waals surface area contributed by atoms with Crippen LogP contribution in [0.3, 0.4) is 0 Å². The van der Waals surface area contributed by atoms with Crippen molar-refractivity contribution < 1.29 is 37.5 Å². The Morgan fingerprint density at radius 3 is 2.48 bits per heavy atom. The van der Waals surface area contributed by atoms with Crippen LogP contribution in [-0.4, -0.2) is 158 Å². The van der Waals surface area contributed by atoms with E-state index in [1.807, 2.05) is 48.5 Å². The van der Waals surface area contributed by atoms with E-state index in [2.05, 4.69) is 83.4 Å². The number of unbranched alkanes of at least 4 members (excludes halogenated alkanes) is 1. The molecule has 87 heavy (non-hydrogen) atoms. The largest absolute Gasteiger partial charge is 0.455 e. The number of carbonyl (C=O) groups is 4. The van der Waals surface area contributed by atoms with Crippen LogP contribution < -0.4 is 30.5 Å². The standard InChI is InChI=1S/C65H78ClN11O8S2/c1-65(2)23-19-46(53(38-65)44-9-11-47(66)12-10-44)41-75-30-32-76(33-31-75)48-13-15-52(58(36-48)85-49-35-45-20-24-67-61(45)69-40-49)62(79)72-87(83,84)50-14-16-55(56(37-50)71-82)68-39-43-21-26-74(27-22-43)29-28-73(3)25-4-5-34-86-59-8-6-7-51-54(59)42-77(64(51)81)57-17-18-60(78)70-63(57)80/h6-16,20,24,35-37,40,43,57,68,71,82H,4-5,17-19,21-23,25-34,38-39,41-42H2,1-3H3,(H,67,69)(H,72,79)(H,70,78,80). The summed E-state index contributed by atoms with van der Waals surface area (Å²) in [5, 5.41) is 17.6. The molecule has 0 bridgehead atoms. The van der Waals surface area contributed by atoms with Crippen molar-refractivity contribution >= 4 is 90.7 Å². The van der Waals surface area contributed by atoms with Gasteiger partial charge in [-0.1, -0.05) is 49.2 Å². The third kappa shape index (κ3) is 15.0. The Bertz CT molecular complexity index is 3660. The van der Waals surface area contributed by atoms with Gasteiger partial charge in [0.05, 0.1) is 28.0 Å². The molecule has 1 unspecified atom stereocenters. The quantitative estimate of drug-likeness (QED) is 0.0152. The second-order valence-corrected chi connectivity index (χ2v) is 27.8. The maximum absolute atomic E-state index is 14.2. The van der Waals surface area contributed by atoms with Crippen LogP contribution in [0.1, 0.15) is 103 Å². The number of fused-ring (bicyclic) bond motifs is 2. The molecule has 19 nitrogen and oxygen atoms in total. The first-order chi connectivity index (χ1) is 41.9. The van der Waals surface area contributed by atoms with Crippen LogP contribution >= 0.6 is 23.4 Å². The zero-order valence-electron chi connectivity index (χ0n) is 49.7. The lowest BCUT2D eigenvalue weighted by Gasteiger charge is -2.39. The third-order valence-corrected chi connectivity index (χ3v) is 20.6. The van der Waals surface area contributed by atoms with E-state index in [0.29, 0.717) is 48.1 Å². The van der Waals surface area contributed by atoms with E-state index < -0.39 is 27.9 Å². The number of nitrogens with zero attached hydrogens (tertiary/aromatic N) is 6. The molecule has 0 spiro atoms. The summed E-state index contributed by atoms with van der Waals surface area (Å²) >= 11 is 8.03. The van der Waals surface area contributed by atoms with Crippen molar-refractivity contribution in [2.75, 3.05) is 100 Å². The summed E-state index contributed by atoms with van der Waals surface area (Å²) in [5.41, 5.74) is 10.3. The van der Waals surface area contributed by atoms with Crippen LogP contribution in [0.5, 0.6) is 11.5 Å². The fourth-order valence-corrected chi connectivity index (χ4v) is 14.8. The van der Waals surface area contributed by atoms with Gasteiger partial charge in [0.15, 0.2) is 0 Å². The van der Waals surface area contributed by atoms with Gasteiger partial charge in [-0.25, -0.2) is 18.1 Å². The number of carbonyl (C=O) groups excluding carboxylic acids is 4. The molecule has 0 radical (unpaired) electrons. The molecule has 6 N–H and O–H groups in total. The van der Waals surface area contributed by atoms with Crippen molar-refractivity contribution in [2.45, 2.75) is 94.0 Å². The summed E-state index contributed by atoms with van der Waals surface area (Å²) in [6, 6.07) is 26.6. The number of H-pyrrole nitrogens is 1. The molecule has 1 atom stereocenters. The maximum atomic E-state index is 14.2. The van der Waals surface area contributed by atoms with Gasteiger partial charge in [0, 0.05) is 104 Å². The number of sulfonamides is 1. The minimum absolute atomic E-state index is 0.0216. The van der Waals surface area contributed by atoms with Gasteiger partial charge in [-0.15, -0.1) is 11.8 Å². The molecule has 460 valence electrons. The van der Waals surface area contributed by atoms with E-state index in [4.69, 9.17) is 16.3 Å². The summed E-state index contributed by atoms with van der Waals surface area (Å²) in [5.74, 6) is 0.128. The van der Waals surface area contributed by atoms with Gasteiger partial charge in [-0.3, -0.25) is 40.1 Å². The van der Waals surface area contributed by atoms with Crippen LogP contribution in [0, 0.1) is 11.3 Å². The van der Waals surface area contributed by atoms with Crippen LogP contribution in [0.25, 0.3) is 16.6 Å². The Morgan fingerprint density at radius 1 is 0.897 bits per heavy atom. The fourth-order valence-electron chi connectivity index (χ4n) is 12.6. The van der Waals surface area contributed by atoms with E-state index >= 15 is 0 Å². The summed E-state index contributed by atoms with van der Waals surface area (Å²) in [4.78, 5) is 71.3. The molecule has 2 aromatic heterocycles. The number of benzene rings is 4. The highest BCUT2D eigenvalue weighted by molar-refractivity contribution is 7.99. The van der Waals surface area contributed by atoms with Gasteiger partial charge < -0.3 is 34.6 Å². The molecule has 3 saturated heterocycles. The number of anilines is 3. The second-order valence-electron chi connectivity index (χ2n) is 24.5. The molecule has 11 rings (SSSR count). The smallest absolute Gasteiger partial charge is 0.268 e. The minimum atomic E-state index is -4.44. The number of aromatic amines is 1. The number of piperazine rings is 1. The van der Waals surface area contributed by atoms with Crippen molar-refractivity contribution in [3.63, 3.8) is 0 Å². The number of pyridine rings is 1. The first-order valence-electron chi connectivity index (χ1n) is 30.3. The molecule has 4 aliphatic heterocycles. The number of likely N-dealkylation sites (tertiary alicyclic amines) is 1. The Morgan fingerprint density at radius 2 is 1.70 bits per heavy atom. The summed E-state index contributed by atoms with van der Waals surface area (Å²) in [6.07, 6.45) is 11.2. The highest BCUT2D eigenvalue weighted by atomic mass is 35.5. The zero-order valence-corrected chi connectivity index (χ0v) is 52.1. The van der Waals surface area contributed by atoms with Crippen LogP contribution in [0.15, 0.2) is 119 Å². The summed E-state index contributed by atoms with van der Waals surface area (Å²) in [6.45, 7) is 14.6. The monoisotopic (exact) mass is 1240 g/mol. The van der Waals surface area contributed by atoms with Crippen molar-refractivity contribution in [1.29, 1.82) is 0 Å². The number of likely N-dealkylation sites (N-methyl/N-ethyl adjacent to an activating group) is 1. The Labute approximate surface area is 518 Å². The van der Waals surface area contributed by atoms with Gasteiger partial charge in [-0.2, -0.15) is 0 Å². The van der Waals surface area contributed by atoms with Gasteiger partial charge in [0.2, 0.25) is 11.8 Å². The number of nitrogens with one attached hydrogen (secondary N) is 5. The highest BCUT2D eigenvalue weighted by Crippen LogP contribution is 2.44. The Kier molecular flexibility index (Phi) is 19.3. The predicted molar refractivity (Wildman–Crippen MR) is 341 cm³/mol. The first-order valence-corrected chi connectivity index (χ1v) is 33.1. The molecule has 4 amide bonds. The van der Waals surface area contributed by atoms with Crippen LogP contribution in [-0.2, 0) is 26.2 Å². The average molecular weight is 1240 g/mol. The fraction of sp³-hybridized carbons (Fsp3) is 0.431. The van der Waals surface area contributed by atoms with E-state index in [9.17, 15) is 32.8 Å². The molecule has 4 aromatic carbocycles. The number of rotatable bonds is 23. The molecule has 6 heterocycles. The molecule has 1 aliphatic carbocycles. The summed E-state index contributed by atoms with van der Waals surface area (Å²) in [7, 11) is -2.28. The zero-order chi connectivity index (χ0) is 60.8. The van der Waals surface area contributed by atoms with Crippen molar-refractivity contribution in [2.24, 2.45) is 11.3 Å². The topological polar surface area (TPSA) is 225 Å². The number of hydrogen-bond donors (Lipinski definition) is 6. The number of imide groups is 1. The number of halogens is 1. The van der Waals surface area contributed by atoms with Crippen molar-refractivity contribution in [3.8, 4) is 11.5 Å². The number of hydrogen-bond acceptors (Lipinski definition) is 16. The van der Waals surface area contributed by atoms with Crippen molar-refractivity contribution in [1.82, 2.24) is 39.6 Å². The SMILES string of the molecule is CN(CCCCSc1cccc2c1CN(C1CCC(=O)NC1=O)C2=O)CCN1CCC(CNc2ccc(S(=O)(=O)NC(=O)c3ccc(N4CCN(CC5=C(c6ccc(Cl)cc6)CC(C)(C)CC5)CC4)cc3Oc3cnc4[nH]ccc4c3)cc2NO)CC1. The van der Waals surface area contributed by atoms with Gasteiger partial charge in [0.1, 0.15) is 23.2 Å². The molecule has 0 saturated carbocycles. The van der Waals surface area contributed by atoms with Crippen molar-refractivity contribution in [3.05, 3.63) is 136 Å². The van der Waals surface area contributed by atoms with Gasteiger partial charge >= 0.3 is 0 Å². The maximum Gasteiger partial charge on any atom is 0.268 e. The van der Waals surface area contributed by atoms with Crippen LogP contribution in [0.4, 0.5) is 17.1 Å². The second kappa shape index (κ2) is 27.2. The lowest BCUT2D eigenvalue weighted by atomic mass is 9.72. The third-order valence-electron chi connectivity index (χ3n) is 17.8. The number of amides is 4. The molecular formula is C65H78ClN11O8S2. The van der Waals surface area contributed by atoms with E-state index in [1.165, 1.54) is 28.8 Å². The van der Waals surface area contributed by atoms with E-state index in [0.717, 1.165) is 143 Å². The molecule has 3 fully saturated rings. The lowest BCUT2D eigenvalue weighted by molar-refractivity contribution is -0.136.